The van der Waals surface area contributed by atoms with Crippen LogP contribution in [-0.2, 0) is 15.7 Å². The van der Waals surface area contributed by atoms with Crippen LogP contribution in [0.15, 0.2) is 23.7 Å². The molecule has 0 unspecified atom stereocenters. The highest BCUT2D eigenvalue weighted by Crippen LogP contribution is 2.37. The Labute approximate surface area is 230 Å². The zero-order chi connectivity index (χ0) is 28.0. The Morgan fingerprint density at radius 1 is 1.16 bits per heavy atom. The molecule has 0 fully saturated rings. The van der Waals surface area contributed by atoms with Crippen LogP contribution in [0.2, 0.25) is 18.1 Å². The van der Waals surface area contributed by atoms with Gasteiger partial charge in [0.2, 0.25) is 0 Å². The molecule has 1 N–H and O–H groups in total. The predicted octanol–water partition coefficient (Wildman–Crippen LogP) is 8.02. The van der Waals surface area contributed by atoms with E-state index in [0.29, 0.717) is 12.5 Å². The number of rotatable bonds is 11. The number of anilines is 1. The van der Waals surface area contributed by atoms with Crippen molar-refractivity contribution in [2.24, 2.45) is 5.92 Å². The molecular weight excluding hydrogens is 498 g/mol. The fraction of sp³-hybridized carbons (Fsp3) is 0.655. The maximum Gasteiger partial charge on any atom is 0.407 e. The van der Waals surface area contributed by atoms with Gasteiger partial charge in [0.25, 0.3) is 0 Å². The molecule has 1 aromatic carbocycles. The number of aryl methyl sites for hydroxylation is 1. The molecular formula is C29H49N3O3SSi. The molecule has 2 rings (SSSR count). The second-order valence-corrected chi connectivity index (χ2v) is 18.4. The highest BCUT2D eigenvalue weighted by molar-refractivity contribution is 7.13. The molecule has 0 bridgehead atoms. The van der Waals surface area contributed by atoms with Crippen LogP contribution < -0.4 is 10.2 Å². The van der Waals surface area contributed by atoms with E-state index in [1.165, 1.54) is 4.88 Å². The third-order valence-corrected chi connectivity index (χ3v) is 12.2. The van der Waals surface area contributed by atoms with Gasteiger partial charge in [0.1, 0.15) is 5.60 Å². The van der Waals surface area contributed by atoms with Crippen molar-refractivity contribution in [2.45, 2.75) is 99.0 Å². The van der Waals surface area contributed by atoms with Crippen molar-refractivity contribution in [3.8, 4) is 10.4 Å². The number of nitrogens with zero attached hydrogens (tertiary/aromatic N) is 2. The minimum Gasteiger partial charge on any atom is -0.444 e. The summed E-state index contributed by atoms with van der Waals surface area (Å²) < 4.78 is 11.9. The lowest BCUT2D eigenvalue weighted by molar-refractivity contribution is 0.0523. The average molecular weight is 548 g/mol. The molecule has 0 saturated carbocycles. The second kappa shape index (κ2) is 12.8. The molecule has 1 amide bonds. The standard InChI is InChI=1S/C29H49N3O3SSi/c1-21(2)19-32(15-12-16-34-37(10,11)29(7,8)9)25-17-23(26-22(3)31-20-36-26)13-14-24(25)18-30-27(33)35-28(4,5)6/h13-14,17,20-21H,12,15-16,18-19H2,1-11H3,(H,30,33). The fourth-order valence-corrected chi connectivity index (χ4v) is 5.65. The Balaban J connectivity index is 2.31. The molecule has 0 atom stereocenters. The molecule has 2 aromatic rings. The number of hydrogen-bond donors (Lipinski definition) is 1. The number of amides is 1. The van der Waals surface area contributed by atoms with Gasteiger partial charge in [-0.3, -0.25) is 0 Å². The van der Waals surface area contributed by atoms with E-state index < -0.39 is 20.0 Å². The van der Waals surface area contributed by atoms with Crippen LogP contribution in [0.25, 0.3) is 10.4 Å². The number of aromatic nitrogens is 1. The number of thiazole rings is 1. The summed E-state index contributed by atoms with van der Waals surface area (Å²) in [5, 5.41) is 3.16. The third-order valence-electron chi connectivity index (χ3n) is 6.68. The highest BCUT2D eigenvalue weighted by Gasteiger charge is 2.36. The normalized spacial score (nSPS) is 12.6. The first-order valence-electron chi connectivity index (χ1n) is 13.4. The van der Waals surface area contributed by atoms with Crippen molar-refractivity contribution >= 4 is 31.4 Å². The van der Waals surface area contributed by atoms with Gasteiger partial charge in [-0.25, -0.2) is 9.78 Å². The van der Waals surface area contributed by atoms with E-state index in [-0.39, 0.29) is 5.04 Å². The number of ether oxygens (including phenoxy) is 1. The Morgan fingerprint density at radius 3 is 2.38 bits per heavy atom. The topological polar surface area (TPSA) is 63.7 Å². The van der Waals surface area contributed by atoms with Crippen LogP contribution in [0, 0.1) is 12.8 Å². The first kappa shape index (κ1) is 31.3. The van der Waals surface area contributed by atoms with Gasteiger partial charge >= 0.3 is 6.09 Å². The number of nitrogens with one attached hydrogen (secondary N) is 1. The lowest BCUT2D eigenvalue weighted by Gasteiger charge is -2.36. The molecule has 1 aromatic heterocycles. The lowest BCUT2D eigenvalue weighted by atomic mass is 10.0. The Bertz CT molecular complexity index is 1020. The van der Waals surface area contributed by atoms with E-state index in [1.807, 2.05) is 33.2 Å². The van der Waals surface area contributed by atoms with Crippen LogP contribution in [-0.4, -0.2) is 44.7 Å². The van der Waals surface area contributed by atoms with E-state index in [0.717, 1.165) is 48.6 Å². The zero-order valence-corrected chi connectivity index (χ0v) is 26.8. The first-order chi connectivity index (χ1) is 17.0. The number of hydrogen-bond acceptors (Lipinski definition) is 6. The summed E-state index contributed by atoms with van der Waals surface area (Å²) in [6, 6.07) is 6.51. The van der Waals surface area contributed by atoms with Crippen molar-refractivity contribution in [3.63, 3.8) is 0 Å². The van der Waals surface area contributed by atoms with Crippen LogP contribution in [0.1, 0.15) is 73.1 Å². The molecule has 208 valence electrons. The molecule has 0 radical (unpaired) electrons. The van der Waals surface area contributed by atoms with E-state index in [4.69, 9.17) is 9.16 Å². The fourth-order valence-electron chi connectivity index (χ4n) is 3.76. The smallest absolute Gasteiger partial charge is 0.407 e. The number of carbonyl (C=O) groups is 1. The van der Waals surface area contributed by atoms with Gasteiger partial charge < -0.3 is 19.4 Å². The van der Waals surface area contributed by atoms with Crippen LogP contribution in [0.5, 0.6) is 0 Å². The molecule has 0 aliphatic carbocycles. The molecule has 6 nitrogen and oxygen atoms in total. The average Bonchev–Trinajstić information content (AvgIpc) is 3.18. The van der Waals surface area contributed by atoms with E-state index >= 15 is 0 Å². The summed E-state index contributed by atoms with van der Waals surface area (Å²) in [5.74, 6) is 0.488. The van der Waals surface area contributed by atoms with Crippen molar-refractivity contribution in [1.82, 2.24) is 10.3 Å². The third kappa shape index (κ3) is 9.73. The Hall–Kier alpha value is -1.90. The van der Waals surface area contributed by atoms with Crippen LogP contribution in [0.3, 0.4) is 0 Å². The van der Waals surface area contributed by atoms with Gasteiger partial charge in [-0.15, -0.1) is 11.3 Å². The largest absolute Gasteiger partial charge is 0.444 e. The van der Waals surface area contributed by atoms with Gasteiger partial charge in [-0.2, -0.15) is 0 Å². The van der Waals surface area contributed by atoms with Crippen molar-refractivity contribution in [2.75, 3.05) is 24.6 Å². The molecule has 0 aliphatic rings. The number of benzene rings is 1. The van der Waals surface area contributed by atoms with Crippen molar-refractivity contribution in [1.29, 1.82) is 0 Å². The minimum absolute atomic E-state index is 0.200. The number of alkyl carbamates (subject to hydrolysis) is 1. The Morgan fingerprint density at radius 2 is 1.84 bits per heavy atom. The summed E-state index contributed by atoms with van der Waals surface area (Å²) in [4.78, 5) is 20.5. The van der Waals surface area contributed by atoms with E-state index in [9.17, 15) is 4.79 Å². The van der Waals surface area contributed by atoms with Crippen molar-refractivity contribution in [3.05, 3.63) is 35.0 Å². The van der Waals surface area contributed by atoms with E-state index in [2.05, 4.69) is 81.1 Å². The Kier molecular flexibility index (Phi) is 10.8. The first-order valence-corrected chi connectivity index (χ1v) is 17.2. The summed E-state index contributed by atoms with van der Waals surface area (Å²) in [7, 11) is -1.78. The SMILES string of the molecule is Cc1ncsc1-c1ccc(CNC(=O)OC(C)(C)C)c(N(CCCO[Si](C)(C)C(C)(C)C)CC(C)C)c1. The molecule has 0 spiro atoms. The summed E-state index contributed by atoms with van der Waals surface area (Å²) >= 11 is 1.66. The molecule has 37 heavy (non-hydrogen) atoms. The second-order valence-electron chi connectivity index (χ2n) is 12.8. The minimum atomic E-state index is -1.78. The summed E-state index contributed by atoms with van der Waals surface area (Å²) in [6.45, 7) is 26.6. The maximum absolute atomic E-state index is 12.4. The van der Waals surface area contributed by atoms with Gasteiger partial charge in [0, 0.05) is 31.9 Å². The van der Waals surface area contributed by atoms with Gasteiger partial charge in [-0.1, -0.05) is 46.8 Å². The predicted molar refractivity (Wildman–Crippen MR) is 160 cm³/mol. The zero-order valence-electron chi connectivity index (χ0n) is 24.9. The van der Waals surface area contributed by atoms with Crippen LogP contribution >= 0.6 is 11.3 Å². The summed E-state index contributed by atoms with van der Waals surface area (Å²) in [5.41, 5.74) is 5.77. The molecule has 0 saturated heterocycles. The quantitative estimate of drug-likeness (QED) is 0.228. The number of carbonyl (C=O) groups excluding carboxylic acids is 1. The highest BCUT2D eigenvalue weighted by atomic mass is 32.1. The van der Waals surface area contributed by atoms with Gasteiger partial charge in [-0.05, 0) is 75.4 Å². The van der Waals surface area contributed by atoms with Gasteiger partial charge in [0.15, 0.2) is 8.32 Å². The van der Waals surface area contributed by atoms with E-state index in [1.54, 1.807) is 11.3 Å². The van der Waals surface area contributed by atoms with Crippen LogP contribution in [0.4, 0.5) is 10.5 Å². The lowest BCUT2D eigenvalue weighted by Crippen LogP contribution is -2.41. The molecule has 0 aliphatic heterocycles. The monoisotopic (exact) mass is 547 g/mol. The molecule has 1 heterocycles. The van der Waals surface area contributed by atoms with Crippen molar-refractivity contribution < 1.29 is 14.0 Å². The molecule has 8 heteroatoms. The maximum atomic E-state index is 12.4. The summed E-state index contributed by atoms with van der Waals surface area (Å²) in [6.07, 6.45) is 0.543. The van der Waals surface area contributed by atoms with Gasteiger partial charge in [0.05, 0.1) is 16.1 Å².